The molecule has 22 heavy (non-hydrogen) atoms. The van der Waals surface area contributed by atoms with Gasteiger partial charge in [-0.05, 0) is 43.3 Å². The van der Waals surface area contributed by atoms with E-state index in [1.54, 1.807) is 6.26 Å². The summed E-state index contributed by atoms with van der Waals surface area (Å²) in [6.45, 7) is 1.96. The van der Waals surface area contributed by atoms with Crippen LogP contribution in [-0.2, 0) is 0 Å². The average Bonchev–Trinajstić information content (AvgIpc) is 3.01. The summed E-state index contributed by atoms with van der Waals surface area (Å²) >= 11 is 0. The third-order valence-corrected chi connectivity index (χ3v) is 3.25. The van der Waals surface area contributed by atoms with Crippen molar-refractivity contribution in [3.05, 3.63) is 54.4 Å². The number of furan rings is 1. The Hall–Kier alpha value is -2.82. The molecule has 0 aliphatic rings. The monoisotopic (exact) mass is 294 g/mol. The van der Waals surface area contributed by atoms with E-state index < -0.39 is 0 Å². The smallest absolute Gasteiger partial charge is 0.229 e. The molecule has 0 aliphatic heterocycles. The number of aromatic nitrogens is 2. The van der Waals surface area contributed by atoms with Gasteiger partial charge >= 0.3 is 0 Å². The van der Waals surface area contributed by atoms with Crippen molar-refractivity contribution in [3.8, 4) is 11.3 Å². The molecule has 3 rings (SSSR count). The normalized spacial score (nSPS) is 10.5. The van der Waals surface area contributed by atoms with Gasteiger partial charge in [-0.25, -0.2) is 4.98 Å². The molecule has 112 valence electrons. The van der Waals surface area contributed by atoms with Crippen molar-refractivity contribution in [2.45, 2.75) is 6.92 Å². The Labute approximate surface area is 129 Å². The molecule has 5 heteroatoms. The highest BCUT2D eigenvalue weighted by atomic mass is 16.3. The molecule has 1 aromatic carbocycles. The number of hydrogen-bond acceptors (Lipinski definition) is 5. The molecule has 0 spiro atoms. The molecule has 5 nitrogen and oxygen atoms in total. The molecule has 0 radical (unpaired) electrons. The van der Waals surface area contributed by atoms with Crippen LogP contribution in [0.1, 0.15) is 5.69 Å². The van der Waals surface area contributed by atoms with E-state index in [0.717, 1.165) is 28.5 Å². The molecule has 0 saturated carbocycles. The lowest BCUT2D eigenvalue weighted by atomic mass is 10.1. The highest BCUT2D eigenvalue weighted by molar-refractivity contribution is 5.63. The molecule has 0 atom stereocenters. The quantitative estimate of drug-likeness (QED) is 0.792. The number of aryl methyl sites for hydroxylation is 1. The van der Waals surface area contributed by atoms with Gasteiger partial charge in [-0.3, -0.25) is 0 Å². The first kappa shape index (κ1) is 14.1. The van der Waals surface area contributed by atoms with Crippen molar-refractivity contribution in [2.75, 3.05) is 24.3 Å². The Balaban J connectivity index is 1.81. The van der Waals surface area contributed by atoms with Crippen molar-refractivity contribution >= 4 is 17.5 Å². The van der Waals surface area contributed by atoms with Crippen molar-refractivity contribution in [2.24, 2.45) is 0 Å². The summed E-state index contributed by atoms with van der Waals surface area (Å²) in [5, 5.41) is 3.23. The summed E-state index contributed by atoms with van der Waals surface area (Å²) in [6, 6.07) is 13.7. The van der Waals surface area contributed by atoms with Crippen LogP contribution in [0, 0.1) is 6.92 Å². The van der Waals surface area contributed by atoms with Crippen LogP contribution in [0.15, 0.2) is 53.1 Å². The van der Waals surface area contributed by atoms with Crippen LogP contribution in [0.2, 0.25) is 0 Å². The Morgan fingerprint density at radius 3 is 2.45 bits per heavy atom. The van der Waals surface area contributed by atoms with E-state index in [1.165, 1.54) is 0 Å². The van der Waals surface area contributed by atoms with E-state index in [1.807, 2.05) is 68.4 Å². The molecule has 0 aliphatic carbocycles. The van der Waals surface area contributed by atoms with Gasteiger partial charge in [0.1, 0.15) is 11.6 Å². The van der Waals surface area contributed by atoms with Gasteiger partial charge in [-0.2, -0.15) is 4.98 Å². The largest absolute Gasteiger partial charge is 0.464 e. The second-order valence-electron chi connectivity index (χ2n) is 5.27. The number of anilines is 3. The number of rotatable bonds is 4. The molecule has 1 N–H and O–H groups in total. The fourth-order valence-corrected chi connectivity index (χ4v) is 2.13. The van der Waals surface area contributed by atoms with E-state index in [0.29, 0.717) is 5.95 Å². The summed E-state index contributed by atoms with van der Waals surface area (Å²) in [5.41, 5.74) is 2.90. The van der Waals surface area contributed by atoms with Crippen LogP contribution in [0.4, 0.5) is 17.5 Å². The van der Waals surface area contributed by atoms with Crippen LogP contribution in [0.3, 0.4) is 0 Å². The lowest BCUT2D eigenvalue weighted by molar-refractivity contribution is 0.582. The second kappa shape index (κ2) is 5.89. The molecule has 0 fully saturated rings. The van der Waals surface area contributed by atoms with Crippen molar-refractivity contribution < 1.29 is 4.42 Å². The second-order valence-corrected chi connectivity index (χ2v) is 5.27. The topological polar surface area (TPSA) is 54.2 Å². The highest BCUT2D eigenvalue weighted by Crippen LogP contribution is 2.23. The summed E-state index contributed by atoms with van der Waals surface area (Å²) in [5.74, 6) is 2.32. The Kier molecular flexibility index (Phi) is 3.78. The Morgan fingerprint density at radius 2 is 1.82 bits per heavy atom. The van der Waals surface area contributed by atoms with Crippen LogP contribution in [-0.4, -0.2) is 24.1 Å². The number of hydrogen-bond donors (Lipinski definition) is 1. The summed E-state index contributed by atoms with van der Waals surface area (Å²) in [7, 11) is 3.92. The van der Waals surface area contributed by atoms with E-state index in [9.17, 15) is 0 Å². The SMILES string of the molecule is Cc1cc(N(C)C)nc(Nc2ccc(-c3ccco3)cc2)n1. The standard InChI is InChI=1S/C17H18N4O/c1-12-11-16(21(2)3)20-17(18-12)19-14-8-6-13(7-9-14)15-5-4-10-22-15/h4-11H,1-3H3,(H,18,19,20). The van der Waals surface area contributed by atoms with Crippen LogP contribution >= 0.6 is 0 Å². The minimum Gasteiger partial charge on any atom is -0.464 e. The summed E-state index contributed by atoms with van der Waals surface area (Å²) in [6.07, 6.45) is 1.67. The predicted molar refractivity (Wildman–Crippen MR) is 88.5 cm³/mol. The maximum Gasteiger partial charge on any atom is 0.229 e. The molecular weight excluding hydrogens is 276 g/mol. The molecule has 0 unspecified atom stereocenters. The zero-order valence-electron chi connectivity index (χ0n) is 12.9. The molecule has 0 amide bonds. The third kappa shape index (κ3) is 3.09. The minimum atomic E-state index is 0.592. The van der Waals surface area contributed by atoms with Gasteiger partial charge in [-0.1, -0.05) is 0 Å². The molecule has 2 aromatic heterocycles. The van der Waals surface area contributed by atoms with Gasteiger partial charge in [0.2, 0.25) is 5.95 Å². The van der Waals surface area contributed by atoms with Crippen LogP contribution in [0.5, 0.6) is 0 Å². The maximum absolute atomic E-state index is 5.38. The third-order valence-electron chi connectivity index (χ3n) is 3.25. The van der Waals surface area contributed by atoms with Gasteiger partial charge in [-0.15, -0.1) is 0 Å². The van der Waals surface area contributed by atoms with E-state index >= 15 is 0 Å². The van der Waals surface area contributed by atoms with Gasteiger partial charge in [0.15, 0.2) is 0 Å². The highest BCUT2D eigenvalue weighted by Gasteiger charge is 2.05. The minimum absolute atomic E-state index is 0.592. The van der Waals surface area contributed by atoms with E-state index in [2.05, 4.69) is 15.3 Å². The summed E-state index contributed by atoms with van der Waals surface area (Å²) in [4.78, 5) is 10.9. The fourth-order valence-electron chi connectivity index (χ4n) is 2.13. The molecule has 2 heterocycles. The zero-order chi connectivity index (χ0) is 15.5. The predicted octanol–water partition coefficient (Wildman–Crippen LogP) is 3.85. The van der Waals surface area contributed by atoms with E-state index in [-0.39, 0.29) is 0 Å². The van der Waals surface area contributed by atoms with Gasteiger partial charge < -0.3 is 14.6 Å². The summed E-state index contributed by atoms with van der Waals surface area (Å²) < 4.78 is 5.38. The number of nitrogens with one attached hydrogen (secondary N) is 1. The fraction of sp³-hybridized carbons (Fsp3) is 0.176. The van der Waals surface area contributed by atoms with Crippen LogP contribution < -0.4 is 10.2 Å². The molecule has 0 saturated heterocycles. The maximum atomic E-state index is 5.38. The lowest BCUT2D eigenvalue weighted by Crippen LogP contribution is -2.12. The van der Waals surface area contributed by atoms with Crippen molar-refractivity contribution in [3.63, 3.8) is 0 Å². The van der Waals surface area contributed by atoms with Crippen molar-refractivity contribution in [1.82, 2.24) is 9.97 Å². The van der Waals surface area contributed by atoms with Gasteiger partial charge in [0.05, 0.1) is 6.26 Å². The average molecular weight is 294 g/mol. The van der Waals surface area contributed by atoms with Crippen LogP contribution in [0.25, 0.3) is 11.3 Å². The van der Waals surface area contributed by atoms with Crippen molar-refractivity contribution in [1.29, 1.82) is 0 Å². The van der Waals surface area contributed by atoms with Gasteiger partial charge in [0.25, 0.3) is 0 Å². The molecular formula is C17H18N4O. The first-order valence-corrected chi connectivity index (χ1v) is 7.06. The lowest BCUT2D eigenvalue weighted by Gasteiger charge is -2.13. The first-order chi connectivity index (χ1) is 10.6. The molecule has 0 bridgehead atoms. The Bertz CT molecular complexity index is 749. The first-order valence-electron chi connectivity index (χ1n) is 7.06. The van der Waals surface area contributed by atoms with Gasteiger partial charge in [0, 0.05) is 37.1 Å². The number of benzene rings is 1. The van der Waals surface area contributed by atoms with E-state index in [4.69, 9.17) is 4.42 Å². The Morgan fingerprint density at radius 1 is 1.05 bits per heavy atom. The zero-order valence-corrected chi connectivity index (χ0v) is 12.9. The number of nitrogens with zero attached hydrogens (tertiary/aromatic N) is 3. The molecule has 3 aromatic rings.